The largest absolute Gasteiger partial charge is 0.469 e. The molecule has 2 nitrogen and oxygen atoms in total. The average molecular weight is 246 g/mol. The van der Waals surface area contributed by atoms with Crippen molar-refractivity contribution in [3.8, 4) is 0 Å². The van der Waals surface area contributed by atoms with Crippen LogP contribution in [0.3, 0.4) is 0 Å². The van der Waals surface area contributed by atoms with Crippen molar-refractivity contribution in [1.29, 1.82) is 0 Å². The summed E-state index contributed by atoms with van der Waals surface area (Å²) in [4.78, 5) is 11.4. The molecule has 0 spiro atoms. The van der Waals surface area contributed by atoms with E-state index < -0.39 is 0 Å². The van der Waals surface area contributed by atoms with Gasteiger partial charge in [0.2, 0.25) is 0 Å². The summed E-state index contributed by atoms with van der Waals surface area (Å²) in [6.45, 7) is 0. The topological polar surface area (TPSA) is 26.3 Å². The maximum Gasteiger partial charge on any atom is 0.308 e. The van der Waals surface area contributed by atoms with Gasteiger partial charge in [0.05, 0.1) is 13.0 Å². The van der Waals surface area contributed by atoms with Crippen molar-refractivity contribution in [3.05, 3.63) is 35.9 Å². The summed E-state index contributed by atoms with van der Waals surface area (Å²) in [7, 11) is 1.49. The van der Waals surface area contributed by atoms with E-state index in [9.17, 15) is 4.79 Å². The second-order valence-electron chi connectivity index (χ2n) is 5.28. The molecule has 0 radical (unpaired) electrons. The fourth-order valence-electron chi connectivity index (χ4n) is 2.96. The fraction of sp³-hybridized carbons (Fsp3) is 0.562. The lowest BCUT2D eigenvalue weighted by Crippen LogP contribution is -2.12. The van der Waals surface area contributed by atoms with Crippen LogP contribution in [0.5, 0.6) is 0 Å². The monoisotopic (exact) mass is 246 g/mol. The quantitative estimate of drug-likeness (QED) is 0.742. The van der Waals surface area contributed by atoms with Crippen LogP contribution in [0.2, 0.25) is 0 Å². The van der Waals surface area contributed by atoms with E-state index in [4.69, 9.17) is 4.74 Å². The number of methoxy groups -OCH3 is 1. The molecule has 1 aromatic carbocycles. The number of esters is 1. The van der Waals surface area contributed by atoms with Gasteiger partial charge in [0, 0.05) is 0 Å². The van der Waals surface area contributed by atoms with Crippen molar-refractivity contribution in [2.75, 3.05) is 7.11 Å². The summed E-state index contributed by atoms with van der Waals surface area (Å²) >= 11 is 0. The maximum absolute atomic E-state index is 11.4. The molecule has 0 bridgehead atoms. The van der Waals surface area contributed by atoms with Crippen molar-refractivity contribution in [2.45, 2.75) is 38.5 Å². The van der Waals surface area contributed by atoms with Gasteiger partial charge < -0.3 is 4.74 Å². The van der Waals surface area contributed by atoms with Gasteiger partial charge in [-0.2, -0.15) is 0 Å². The van der Waals surface area contributed by atoms with Crippen molar-refractivity contribution in [1.82, 2.24) is 0 Å². The van der Waals surface area contributed by atoms with E-state index in [-0.39, 0.29) is 11.9 Å². The number of hydrogen-bond acceptors (Lipinski definition) is 2. The van der Waals surface area contributed by atoms with Gasteiger partial charge in [-0.25, -0.2) is 0 Å². The van der Waals surface area contributed by atoms with E-state index in [2.05, 4.69) is 30.3 Å². The highest BCUT2D eigenvalue weighted by Crippen LogP contribution is 2.34. The standard InChI is InChI=1S/C16H22O2/c1-18-16(17)15-11-10-14(12-15)9-5-8-13-6-3-2-4-7-13/h2-4,6-7,14-15H,5,8-12H2,1H3. The van der Waals surface area contributed by atoms with E-state index in [0.29, 0.717) is 0 Å². The predicted octanol–water partition coefficient (Wildman–Crippen LogP) is 3.60. The third kappa shape index (κ3) is 3.59. The number of hydrogen-bond donors (Lipinski definition) is 0. The third-order valence-electron chi connectivity index (χ3n) is 4.00. The Morgan fingerprint density at radius 1 is 1.28 bits per heavy atom. The van der Waals surface area contributed by atoms with Crippen molar-refractivity contribution in [3.63, 3.8) is 0 Å². The molecule has 1 saturated carbocycles. The summed E-state index contributed by atoms with van der Waals surface area (Å²) in [6.07, 6.45) is 6.85. The summed E-state index contributed by atoms with van der Waals surface area (Å²) < 4.78 is 4.82. The Kier molecular flexibility index (Phi) is 4.80. The molecule has 2 unspecified atom stereocenters. The summed E-state index contributed by atoms with van der Waals surface area (Å²) in [5, 5.41) is 0. The number of rotatable bonds is 5. The molecule has 0 N–H and O–H groups in total. The van der Waals surface area contributed by atoms with Gasteiger partial charge in [-0.1, -0.05) is 36.8 Å². The highest BCUT2D eigenvalue weighted by atomic mass is 16.5. The lowest BCUT2D eigenvalue weighted by atomic mass is 9.97. The number of ether oxygens (including phenoxy) is 1. The van der Waals surface area contributed by atoms with E-state index >= 15 is 0 Å². The first kappa shape index (κ1) is 13.1. The highest BCUT2D eigenvalue weighted by Gasteiger charge is 2.29. The van der Waals surface area contributed by atoms with Crippen molar-refractivity contribution in [2.24, 2.45) is 11.8 Å². The van der Waals surface area contributed by atoms with Crippen LogP contribution >= 0.6 is 0 Å². The van der Waals surface area contributed by atoms with Gasteiger partial charge in [0.15, 0.2) is 0 Å². The number of benzene rings is 1. The van der Waals surface area contributed by atoms with Crippen LogP contribution < -0.4 is 0 Å². The molecule has 1 aliphatic rings. The van der Waals surface area contributed by atoms with Gasteiger partial charge >= 0.3 is 5.97 Å². The molecule has 0 saturated heterocycles. The lowest BCUT2D eigenvalue weighted by molar-refractivity contribution is -0.145. The van der Waals surface area contributed by atoms with Crippen LogP contribution in [-0.2, 0) is 16.0 Å². The van der Waals surface area contributed by atoms with Crippen LogP contribution in [0.1, 0.15) is 37.7 Å². The molecule has 1 aliphatic carbocycles. The first-order valence-electron chi connectivity index (χ1n) is 6.91. The van der Waals surface area contributed by atoms with E-state index in [1.54, 1.807) is 0 Å². The number of carbonyl (C=O) groups excluding carboxylic acids is 1. The Morgan fingerprint density at radius 3 is 2.78 bits per heavy atom. The fourth-order valence-corrected chi connectivity index (χ4v) is 2.96. The Labute approximate surface area is 109 Å². The van der Waals surface area contributed by atoms with Crippen LogP contribution in [0, 0.1) is 11.8 Å². The zero-order chi connectivity index (χ0) is 12.8. The molecule has 2 heteroatoms. The molecule has 2 rings (SSSR count). The van der Waals surface area contributed by atoms with Gasteiger partial charge in [0.25, 0.3) is 0 Å². The van der Waals surface area contributed by atoms with Gasteiger partial charge in [-0.3, -0.25) is 4.79 Å². The predicted molar refractivity (Wildman–Crippen MR) is 72.2 cm³/mol. The SMILES string of the molecule is COC(=O)C1CCC(CCCc2ccccc2)C1. The van der Waals surface area contributed by atoms with E-state index in [1.165, 1.54) is 31.9 Å². The van der Waals surface area contributed by atoms with Crippen molar-refractivity contribution >= 4 is 5.97 Å². The molecule has 0 aromatic heterocycles. The van der Waals surface area contributed by atoms with E-state index in [0.717, 1.165) is 25.2 Å². The zero-order valence-electron chi connectivity index (χ0n) is 11.1. The number of carbonyl (C=O) groups is 1. The molecule has 0 heterocycles. The van der Waals surface area contributed by atoms with Crippen LogP contribution in [0.25, 0.3) is 0 Å². The maximum atomic E-state index is 11.4. The molecule has 1 aromatic rings. The second kappa shape index (κ2) is 6.58. The van der Waals surface area contributed by atoms with Crippen LogP contribution in [-0.4, -0.2) is 13.1 Å². The molecule has 2 atom stereocenters. The molecule has 98 valence electrons. The molecule has 18 heavy (non-hydrogen) atoms. The first-order valence-corrected chi connectivity index (χ1v) is 6.91. The van der Waals surface area contributed by atoms with Gasteiger partial charge in [-0.05, 0) is 43.6 Å². The Hall–Kier alpha value is -1.31. The minimum atomic E-state index is -0.0134. The Morgan fingerprint density at radius 2 is 2.06 bits per heavy atom. The lowest BCUT2D eigenvalue weighted by Gasteiger charge is -2.10. The van der Waals surface area contributed by atoms with Crippen LogP contribution in [0.4, 0.5) is 0 Å². The highest BCUT2D eigenvalue weighted by molar-refractivity contribution is 5.72. The summed E-state index contributed by atoms with van der Waals surface area (Å²) in [5.41, 5.74) is 1.42. The molecule has 0 amide bonds. The molecular weight excluding hydrogens is 224 g/mol. The number of aryl methyl sites for hydroxylation is 1. The van der Waals surface area contributed by atoms with E-state index in [1.807, 2.05) is 0 Å². The summed E-state index contributed by atoms with van der Waals surface area (Å²) in [6, 6.07) is 10.6. The second-order valence-corrected chi connectivity index (χ2v) is 5.28. The van der Waals surface area contributed by atoms with Gasteiger partial charge in [0.1, 0.15) is 0 Å². The minimum Gasteiger partial charge on any atom is -0.469 e. The third-order valence-corrected chi connectivity index (χ3v) is 4.00. The molecule has 1 fully saturated rings. The first-order chi connectivity index (χ1) is 8.79. The smallest absolute Gasteiger partial charge is 0.308 e. The Balaban J connectivity index is 1.68. The van der Waals surface area contributed by atoms with Crippen LogP contribution in [0.15, 0.2) is 30.3 Å². The van der Waals surface area contributed by atoms with Gasteiger partial charge in [-0.15, -0.1) is 0 Å². The molecular formula is C16H22O2. The zero-order valence-corrected chi connectivity index (χ0v) is 11.1. The summed E-state index contributed by atoms with van der Waals surface area (Å²) in [5.74, 6) is 0.870. The minimum absolute atomic E-state index is 0.0134. The molecule has 0 aliphatic heterocycles. The Bertz CT molecular complexity index is 372. The van der Waals surface area contributed by atoms with Crippen molar-refractivity contribution < 1.29 is 9.53 Å². The average Bonchev–Trinajstić information content (AvgIpc) is 2.88. The normalized spacial score (nSPS) is 22.9.